The van der Waals surface area contributed by atoms with Crippen LogP contribution >= 0.6 is 11.3 Å². The molecule has 0 bridgehead atoms. The standard InChI is InChI=1S/C18H16N2O3S/c1-10-7-8-15-16(11(10)2)19-18(24-15)20-17(21)14-9-22-12-5-3-4-6-13(12)23-14/h3-8,14H,9H2,1-2H3,(H,19,20,21). The molecule has 122 valence electrons. The summed E-state index contributed by atoms with van der Waals surface area (Å²) in [5.41, 5.74) is 3.25. The second kappa shape index (κ2) is 5.79. The van der Waals surface area contributed by atoms with Gasteiger partial charge in [-0.2, -0.15) is 0 Å². The summed E-state index contributed by atoms with van der Waals surface area (Å²) in [4.78, 5) is 17.0. The number of amides is 1. The van der Waals surface area contributed by atoms with Gasteiger partial charge < -0.3 is 9.47 Å². The van der Waals surface area contributed by atoms with Crippen LogP contribution < -0.4 is 14.8 Å². The Bertz CT molecular complexity index is 935. The number of carbonyl (C=O) groups is 1. The molecule has 1 aromatic heterocycles. The Morgan fingerprint density at radius 1 is 1.21 bits per heavy atom. The van der Waals surface area contributed by atoms with E-state index in [1.807, 2.05) is 31.2 Å². The van der Waals surface area contributed by atoms with Crippen molar-refractivity contribution in [3.05, 3.63) is 47.5 Å². The highest BCUT2D eigenvalue weighted by Gasteiger charge is 2.28. The number of nitrogens with zero attached hydrogens (tertiary/aromatic N) is 1. The Kier molecular flexibility index (Phi) is 3.61. The Morgan fingerprint density at radius 3 is 2.83 bits per heavy atom. The van der Waals surface area contributed by atoms with Crippen molar-refractivity contribution in [3.8, 4) is 11.5 Å². The Hall–Kier alpha value is -2.60. The normalized spacial score (nSPS) is 16.2. The van der Waals surface area contributed by atoms with Crippen molar-refractivity contribution in [2.24, 2.45) is 0 Å². The number of anilines is 1. The summed E-state index contributed by atoms with van der Waals surface area (Å²) in [6.45, 7) is 4.28. The van der Waals surface area contributed by atoms with Gasteiger partial charge in [0.25, 0.3) is 5.91 Å². The lowest BCUT2D eigenvalue weighted by Gasteiger charge is -2.25. The molecule has 0 saturated heterocycles. The zero-order chi connectivity index (χ0) is 16.7. The molecule has 3 aromatic rings. The van der Waals surface area contributed by atoms with Gasteiger partial charge in [-0.25, -0.2) is 4.98 Å². The molecule has 6 heteroatoms. The van der Waals surface area contributed by atoms with Crippen molar-refractivity contribution in [2.75, 3.05) is 11.9 Å². The fourth-order valence-corrected chi connectivity index (χ4v) is 3.54. The van der Waals surface area contributed by atoms with E-state index < -0.39 is 6.10 Å². The van der Waals surface area contributed by atoms with E-state index in [9.17, 15) is 4.79 Å². The highest BCUT2D eigenvalue weighted by atomic mass is 32.1. The maximum absolute atomic E-state index is 12.5. The minimum absolute atomic E-state index is 0.186. The summed E-state index contributed by atoms with van der Waals surface area (Å²) in [6.07, 6.45) is -0.685. The monoisotopic (exact) mass is 340 g/mol. The SMILES string of the molecule is Cc1ccc2sc(NC(=O)C3COc4ccccc4O3)nc2c1C. The molecule has 0 spiro atoms. The zero-order valence-electron chi connectivity index (χ0n) is 13.3. The lowest BCUT2D eigenvalue weighted by molar-refractivity contribution is -0.125. The molecule has 4 rings (SSSR count). The second-order valence-electron chi connectivity index (χ2n) is 5.73. The number of ether oxygens (including phenoxy) is 2. The summed E-state index contributed by atoms with van der Waals surface area (Å²) in [5.74, 6) is 0.991. The van der Waals surface area contributed by atoms with Crippen LogP contribution in [0.1, 0.15) is 11.1 Å². The quantitative estimate of drug-likeness (QED) is 0.773. The van der Waals surface area contributed by atoms with Gasteiger partial charge in [0.1, 0.15) is 6.61 Å². The topological polar surface area (TPSA) is 60.5 Å². The van der Waals surface area contributed by atoms with Crippen LogP contribution in [0.15, 0.2) is 36.4 Å². The molecular formula is C18H16N2O3S. The van der Waals surface area contributed by atoms with Crippen LogP contribution in [0, 0.1) is 13.8 Å². The molecule has 1 aliphatic heterocycles. The second-order valence-corrected chi connectivity index (χ2v) is 6.76. The van der Waals surface area contributed by atoms with Gasteiger partial charge in [0.15, 0.2) is 16.6 Å². The number of nitrogens with one attached hydrogen (secondary N) is 1. The Labute approximate surface area is 143 Å². The van der Waals surface area contributed by atoms with Crippen LogP contribution in [0.4, 0.5) is 5.13 Å². The minimum Gasteiger partial charge on any atom is -0.485 e. The Balaban J connectivity index is 1.54. The van der Waals surface area contributed by atoms with Crippen molar-refractivity contribution in [2.45, 2.75) is 20.0 Å². The molecule has 1 aliphatic rings. The Morgan fingerprint density at radius 2 is 2.00 bits per heavy atom. The number of para-hydroxylation sites is 2. The summed E-state index contributed by atoms with van der Waals surface area (Å²) < 4.78 is 12.4. The van der Waals surface area contributed by atoms with E-state index >= 15 is 0 Å². The van der Waals surface area contributed by atoms with E-state index in [0.29, 0.717) is 16.6 Å². The number of hydrogen-bond donors (Lipinski definition) is 1. The molecular weight excluding hydrogens is 324 g/mol. The molecule has 1 unspecified atom stereocenters. The first-order chi connectivity index (χ1) is 11.6. The van der Waals surface area contributed by atoms with E-state index in [0.717, 1.165) is 15.8 Å². The van der Waals surface area contributed by atoms with E-state index in [1.54, 1.807) is 6.07 Å². The molecule has 1 amide bonds. The largest absolute Gasteiger partial charge is 0.485 e. The average Bonchev–Trinajstić information content (AvgIpc) is 3.01. The van der Waals surface area contributed by atoms with Gasteiger partial charge in [-0.15, -0.1) is 0 Å². The molecule has 2 aromatic carbocycles. The van der Waals surface area contributed by atoms with Crippen molar-refractivity contribution < 1.29 is 14.3 Å². The van der Waals surface area contributed by atoms with E-state index in [2.05, 4.69) is 23.3 Å². The van der Waals surface area contributed by atoms with Gasteiger partial charge in [0.2, 0.25) is 6.10 Å². The molecule has 2 heterocycles. The summed E-state index contributed by atoms with van der Waals surface area (Å²) in [5, 5.41) is 3.42. The number of rotatable bonds is 2. The van der Waals surface area contributed by atoms with Crippen molar-refractivity contribution >= 4 is 32.6 Å². The summed E-state index contributed by atoms with van der Waals surface area (Å²) >= 11 is 1.46. The van der Waals surface area contributed by atoms with Gasteiger partial charge >= 0.3 is 0 Å². The third-order valence-corrected chi connectivity index (χ3v) is 5.05. The van der Waals surface area contributed by atoms with E-state index in [4.69, 9.17) is 9.47 Å². The number of aromatic nitrogens is 1. The van der Waals surface area contributed by atoms with Gasteiger partial charge in [-0.3, -0.25) is 10.1 Å². The summed E-state index contributed by atoms with van der Waals surface area (Å²) in [6, 6.07) is 11.4. The molecule has 5 nitrogen and oxygen atoms in total. The number of aryl methyl sites for hydroxylation is 2. The third kappa shape index (κ3) is 2.59. The van der Waals surface area contributed by atoms with Crippen molar-refractivity contribution in [1.82, 2.24) is 4.98 Å². The number of fused-ring (bicyclic) bond motifs is 2. The fourth-order valence-electron chi connectivity index (χ4n) is 2.61. The van der Waals surface area contributed by atoms with Gasteiger partial charge in [0.05, 0.1) is 10.2 Å². The lowest BCUT2D eigenvalue weighted by atomic mass is 10.1. The van der Waals surface area contributed by atoms with Crippen molar-refractivity contribution in [1.29, 1.82) is 0 Å². The highest BCUT2D eigenvalue weighted by Crippen LogP contribution is 2.32. The smallest absolute Gasteiger partial charge is 0.270 e. The maximum Gasteiger partial charge on any atom is 0.270 e. The average molecular weight is 340 g/mol. The minimum atomic E-state index is -0.685. The van der Waals surface area contributed by atoms with Crippen LogP contribution in [0.25, 0.3) is 10.2 Å². The predicted octanol–water partition coefficient (Wildman–Crippen LogP) is 3.69. The maximum atomic E-state index is 12.5. The highest BCUT2D eigenvalue weighted by molar-refractivity contribution is 7.22. The third-order valence-electron chi connectivity index (χ3n) is 4.12. The first kappa shape index (κ1) is 15.0. The predicted molar refractivity (Wildman–Crippen MR) is 94.1 cm³/mol. The van der Waals surface area contributed by atoms with Crippen LogP contribution in [0.3, 0.4) is 0 Å². The molecule has 24 heavy (non-hydrogen) atoms. The van der Waals surface area contributed by atoms with Crippen LogP contribution in [-0.4, -0.2) is 23.6 Å². The van der Waals surface area contributed by atoms with Crippen molar-refractivity contribution in [3.63, 3.8) is 0 Å². The molecule has 0 aliphatic carbocycles. The first-order valence-electron chi connectivity index (χ1n) is 7.68. The molecule has 1 atom stereocenters. The molecule has 0 saturated carbocycles. The van der Waals surface area contributed by atoms with E-state index in [-0.39, 0.29) is 12.5 Å². The first-order valence-corrected chi connectivity index (χ1v) is 8.49. The number of hydrogen-bond acceptors (Lipinski definition) is 5. The number of carbonyl (C=O) groups excluding carboxylic acids is 1. The van der Waals surface area contributed by atoms with Gasteiger partial charge in [-0.1, -0.05) is 29.5 Å². The lowest BCUT2D eigenvalue weighted by Crippen LogP contribution is -2.40. The van der Waals surface area contributed by atoms with Crippen LogP contribution in [-0.2, 0) is 4.79 Å². The van der Waals surface area contributed by atoms with Gasteiger partial charge in [0, 0.05) is 0 Å². The molecule has 1 N–H and O–H groups in total. The zero-order valence-corrected chi connectivity index (χ0v) is 14.1. The number of thiazole rings is 1. The summed E-state index contributed by atoms with van der Waals surface area (Å²) in [7, 11) is 0. The van der Waals surface area contributed by atoms with Gasteiger partial charge in [-0.05, 0) is 43.2 Å². The van der Waals surface area contributed by atoms with E-state index in [1.165, 1.54) is 16.9 Å². The van der Waals surface area contributed by atoms with Crippen LogP contribution in [0.5, 0.6) is 11.5 Å². The fraction of sp³-hybridized carbons (Fsp3) is 0.222. The molecule has 0 fully saturated rings. The van der Waals surface area contributed by atoms with Crippen LogP contribution in [0.2, 0.25) is 0 Å². The number of benzene rings is 2. The molecule has 0 radical (unpaired) electrons.